The van der Waals surface area contributed by atoms with Crippen LogP contribution in [0.2, 0.25) is 0 Å². The molecule has 0 amide bonds. The molecule has 15 heavy (non-hydrogen) atoms. The number of ether oxygens (including phenoxy) is 2. The van der Waals surface area contributed by atoms with Crippen LogP contribution in [0.4, 0.5) is 4.39 Å². The molecule has 0 rings (SSSR count). The Kier molecular flexibility index (Phi) is 5.01. The second kappa shape index (κ2) is 5.74. The molecule has 0 aromatic rings. The topological polar surface area (TPSA) is 52.6 Å². The second-order valence-electron chi connectivity index (χ2n) is 2.78. The lowest BCUT2D eigenvalue weighted by atomic mass is 10.4. The van der Waals surface area contributed by atoms with Crippen LogP contribution in [0.3, 0.4) is 0 Å². The van der Waals surface area contributed by atoms with Gasteiger partial charge in [0.1, 0.15) is 0 Å². The fourth-order valence-corrected chi connectivity index (χ4v) is 0.400. The highest BCUT2D eigenvalue weighted by Crippen LogP contribution is 2.05. The van der Waals surface area contributed by atoms with Crippen molar-refractivity contribution in [2.75, 3.05) is 0 Å². The molecule has 0 aliphatic rings. The van der Waals surface area contributed by atoms with Crippen LogP contribution in [0.15, 0.2) is 36.6 Å². The van der Waals surface area contributed by atoms with Crippen molar-refractivity contribution in [1.82, 2.24) is 0 Å². The lowest BCUT2D eigenvalue weighted by Crippen LogP contribution is -2.04. The van der Waals surface area contributed by atoms with Crippen molar-refractivity contribution >= 4 is 11.9 Å². The van der Waals surface area contributed by atoms with Gasteiger partial charge in [-0.2, -0.15) is 4.39 Å². The highest BCUT2D eigenvalue weighted by Gasteiger charge is 2.08. The van der Waals surface area contributed by atoms with E-state index in [1.54, 1.807) is 0 Å². The van der Waals surface area contributed by atoms with Gasteiger partial charge in [0, 0.05) is 11.1 Å². The first-order chi connectivity index (χ1) is 6.84. The SMILES string of the molecule is C=C(C)C(=O)OC=C(F)OC(=O)C(=C)C. The number of carbonyl (C=O) groups excluding carboxylic acids is 2. The van der Waals surface area contributed by atoms with Crippen molar-refractivity contribution < 1.29 is 23.5 Å². The van der Waals surface area contributed by atoms with Gasteiger partial charge in [0.2, 0.25) is 0 Å². The van der Waals surface area contributed by atoms with E-state index < -0.39 is 18.0 Å². The summed E-state index contributed by atoms with van der Waals surface area (Å²) in [5.74, 6) is -1.74. The lowest BCUT2D eigenvalue weighted by molar-refractivity contribution is -0.139. The Morgan fingerprint density at radius 3 is 2.00 bits per heavy atom. The van der Waals surface area contributed by atoms with Crippen LogP contribution in [-0.4, -0.2) is 11.9 Å². The summed E-state index contributed by atoms with van der Waals surface area (Å²) >= 11 is 0. The first kappa shape index (κ1) is 13.1. The molecule has 0 aliphatic heterocycles. The van der Waals surface area contributed by atoms with E-state index in [0.29, 0.717) is 6.26 Å². The summed E-state index contributed by atoms with van der Waals surface area (Å²) in [6.07, 6.45) is 0.387. The molecular formula is C10H11FO4. The van der Waals surface area contributed by atoms with Crippen molar-refractivity contribution in [1.29, 1.82) is 0 Å². The van der Waals surface area contributed by atoms with Crippen LogP contribution in [-0.2, 0) is 19.1 Å². The molecule has 0 atom stereocenters. The number of hydrogen-bond acceptors (Lipinski definition) is 4. The van der Waals surface area contributed by atoms with Crippen molar-refractivity contribution in [2.24, 2.45) is 0 Å². The summed E-state index contributed by atoms with van der Waals surface area (Å²) in [6.45, 7) is 9.27. The predicted molar refractivity (Wildman–Crippen MR) is 51.0 cm³/mol. The molecule has 5 heteroatoms. The smallest absolute Gasteiger partial charge is 0.340 e. The lowest BCUT2D eigenvalue weighted by Gasteiger charge is -2.00. The zero-order chi connectivity index (χ0) is 12.0. The molecule has 0 heterocycles. The summed E-state index contributed by atoms with van der Waals surface area (Å²) in [6, 6.07) is -1.32. The van der Waals surface area contributed by atoms with E-state index in [-0.39, 0.29) is 11.1 Å². The van der Waals surface area contributed by atoms with Crippen LogP contribution in [0.5, 0.6) is 0 Å². The van der Waals surface area contributed by atoms with E-state index >= 15 is 0 Å². The van der Waals surface area contributed by atoms with Crippen molar-refractivity contribution in [2.45, 2.75) is 13.8 Å². The average Bonchev–Trinajstić information content (AvgIpc) is 2.13. The highest BCUT2D eigenvalue weighted by molar-refractivity contribution is 5.88. The van der Waals surface area contributed by atoms with Gasteiger partial charge in [0.15, 0.2) is 6.26 Å². The van der Waals surface area contributed by atoms with Crippen LogP contribution in [0, 0.1) is 0 Å². The van der Waals surface area contributed by atoms with Crippen molar-refractivity contribution in [3.05, 3.63) is 36.6 Å². The molecule has 82 valence electrons. The monoisotopic (exact) mass is 214 g/mol. The first-order valence-electron chi connectivity index (χ1n) is 3.94. The largest absolute Gasteiger partial charge is 0.425 e. The average molecular weight is 214 g/mol. The van der Waals surface area contributed by atoms with E-state index in [1.807, 2.05) is 0 Å². The highest BCUT2D eigenvalue weighted by atomic mass is 19.1. The van der Waals surface area contributed by atoms with Crippen LogP contribution in [0.25, 0.3) is 0 Å². The van der Waals surface area contributed by atoms with Gasteiger partial charge < -0.3 is 9.47 Å². The van der Waals surface area contributed by atoms with E-state index in [9.17, 15) is 14.0 Å². The van der Waals surface area contributed by atoms with E-state index in [1.165, 1.54) is 13.8 Å². The minimum atomic E-state index is -1.32. The molecule has 0 aliphatic carbocycles. The predicted octanol–water partition coefficient (Wildman–Crippen LogP) is 1.99. The third kappa shape index (κ3) is 5.41. The minimum absolute atomic E-state index is 0.0322. The van der Waals surface area contributed by atoms with Gasteiger partial charge in [-0.15, -0.1) is 0 Å². The van der Waals surface area contributed by atoms with E-state index in [2.05, 4.69) is 22.6 Å². The Morgan fingerprint density at radius 1 is 1.13 bits per heavy atom. The maximum absolute atomic E-state index is 12.7. The molecule has 0 bridgehead atoms. The van der Waals surface area contributed by atoms with Gasteiger partial charge in [0.25, 0.3) is 0 Å². The summed E-state index contributed by atoms with van der Waals surface area (Å²) in [7, 11) is 0. The molecule has 0 saturated heterocycles. The van der Waals surface area contributed by atoms with Gasteiger partial charge in [0.05, 0.1) is 0 Å². The molecule has 0 radical (unpaired) electrons. The van der Waals surface area contributed by atoms with Crippen LogP contribution >= 0.6 is 0 Å². The van der Waals surface area contributed by atoms with Gasteiger partial charge in [-0.1, -0.05) is 13.2 Å². The molecule has 0 fully saturated rings. The summed E-state index contributed by atoms with van der Waals surface area (Å²) < 4.78 is 21.1. The Bertz CT molecular complexity index is 341. The minimum Gasteiger partial charge on any atom is -0.425 e. The number of rotatable bonds is 4. The Balaban J connectivity index is 4.22. The quantitative estimate of drug-likeness (QED) is 0.408. The second-order valence-corrected chi connectivity index (χ2v) is 2.78. The molecular weight excluding hydrogens is 203 g/mol. The number of esters is 2. The summed E-state index contributed by atoms with van der Waals surface area (Å²) in [5, 5.41) is 0. The van der Waals surface area contributed by atoms with E-state index in [0.717, 1.165) is 0 Å². The normalized spacial score (nSPS) is 10.5. The van der Waals surface area contributed by atoms with Gasteiger partial charge in [-0.3, -0.25) is 0 Å². The maximum atomic E-state index is 12.7. The summed E-state index contributed by atoms with van der Waals surface area (Å²) in [4.78, 5) is 21.5. The number of hydrogen-bond donors (Lipinski definition) is 0. The molecule has 0 spiro atoms. The van der Waals surface area contributed by atoms with Crippen LogP contribution < -0.4 is 0 Å². The molecule has 0 unspecified atom stereocenters. The molecule has 0 aromatic heterocycles. The zero-order valence-electron chi connectivity index (χ0n) is 8.50. The van der Waals surface area contributed by atoms with Crippen molar-refractivity contribution in [3.8, 4) is 0 Å². The first-order valence-corrected chi connectivity index (χ1v) is 3.94. The standard InChI is InChI=1S/C10H11FO4/c1-6(2)9(12)14-5-8(11)15-10(13)7(3)4/h5H,1,3H2,2,4H3. The van der Waals surface area contributed by atoms with Gasteiger partial charge in [-0.05, 0) is 13.8 Å². The molecule has 4 nitrogen and oxygen atoms in total. The molecule has 0 aromatic carbocycles. The Hall–Kier alpha value is -1.91. The Morgan fingerprint density at radius 2 is 1.60 bits per heavy atom. The fraction of sp³-hybridized carbons (Fsp3) is 0.200. The number of carbonyl (C=O) groups is 2. The van der Waals surface area contributed by atoms with Gasteiger partial charge >= 0.3 is 18.0 Å². The Labute approximate surface area is 86.7 Å². The number of halogens is 1. The third-order valence-electron chi connectivity index (χ3n) is 1.15. The maximum Gasteiger partial charge on any atom is 0.340 e. The van der Waals surface area contributed by atoms with E-state index in [4.69, 9.17) is 0 Å². The summed E-state index contributed by atoms with van der Waals surface area (Å²) in [5.41, 5.74) is 0.134. The van der Waals surface area contributed by atoms with Gasteiger partial charge in [-0.25, -0.2) is 9.59 Å². The zero-order valence-corrected chi connectivity index (χ0v) is 8.50. The molecule has 0 saturated carbocycles. The van der Waals surface area contributed by atoms with Crippen LogP contribution in [0.1, 0.15) is 13.8 Å². The fourth-order valence-electron chi connectivity index (χ4n) is 0.400. The van der Waals surface area contributed by atoms with Crippen molar-refractivity contribution in [3.63, 3.8) is 0 Å². The molecule has 0 N–H and O–H groups in total. The third-order valence-corrected chi connectivity index (χ3v) is 1.15.